The third-order valence-corrected chi connectivity index (χ3v) is 9.66. The predicted octanol–water partition coefficient (Wildman–Crippen LogP) is 9.76. The summed E-state index contributed by atoms with van der Waals surface area (Å²) in [5.41, 5.74) is 3.38. The summed E-state index contributed by atoms with van der Waals surface area (Å²) in [6.07, 6.45) is 24.1. The van der Waals surface area contributed by atoms with E-state index in [0.29, 0.717) is 6.42 Å². The molecule has 0 atom stereocenters. The smallest absolute Gasteiger partial charge is 0.124 e. The normalized spacial score (nSPS) is 12.3. The van der Waals surface area contributed by atoms with Crippen LogP contribution in [-0.2, 0) is 22.1 Å². The lowest BCUT2D eigenvalue weighted by Crippen LogP contribution is -2.57. The van der Waals surface area contributed by atoms with Gasteiger partial charge in [-0.25, -0.2) is 8.42 Å². The van der Waals surface area contributed by atoms with E-state index in [2.05, 4.69) is 66.1 Å². The Hall–Kier alpha value is -0.910. The van der Waals surface area contributed by atoms with Crippen LogP contribution in [0.1, 0.15) is 155 Å². The molecule has 0 aliphatic heterocycles. The van der Waals surface area contributed by atoms with Crippen LogP contribution in [0.25, 0.3) is 0 Å². The van der Waals surface area contributed by atoms with Gasteiger partial charge in [-0.1, -0.05) is 136 Å². The Kier molecular flexibility index (Phi) is 21.3. The van der Waals surface area contributed by atoms with Crippen molar-refractivity contribution in [1.82, 2.24) is 0 Å². The molecule has 0 saturated heterocycles. The van der Waals surface area contributed by atoms with Crippen molar-refractivity contribution in [3.63, 3.8) is 0 Å². The van der Waals surface area contributed by atoms with Gasteiger partial charge < -0.3 is 9.04 Å². The molecule has 4 nitrogen and oxygen atoms in total. The first-order chi connectivity index (χ1) is 18.5. The van der Waals surface area contributed by atoms with E-state index in [-0.39, 0.29) is 11.3 Å². The molecule has 0 aliphatic rings. The third-order valence-electron chi connectivity index (χ3n) is 8.75. The lowest BCUT2D eigenvalue weighted by Gasteiger charge is -2.49. The number of aryl methyl sites for hydroxylation is 1. The van der Waals surface area contributed by atoms with E-state index < -0.39 is 10.1 Å². The topological polar surface area (TPSA) is 57.2 Å². The number of benzene rings is 1. The van der Waals surface area contributed by atoms with Crippen molar-refractivity contribution >= 4 is 10.1 Å². The quantitative estimate of drug-likeness (QED) is 0.0796. The first kappa shape index (κ1) is 38.1. The van der Waals surface area contributed by atoms with E-state index in [1.807, 2.05) is 0 Å². The highest BCUT2D eigenvalue weighted by atomic mass is 32.2. The van der Waals surface area contributed by atoms with Crippen molar-refractivity contribution in [2.24, 2.45) is 0 Å². The predicted molar refractivity (Wildman–Crippen MR) is 170 cm³/mol. The van der Waals surface area contributed by atoms with Crippen molar-refractivity contribution in [3.8, 4) is 0 Å². The molecule has 1 aromatic carbocycles. The highest BCUT2D eigenvalue weighted by molar-refractivity contribution is 7.85. The van der Waals surface area contributed by atoms with Gasteiger partial charge in [0.2, 0.25) is 0 Å². The maximum absolute atomic E-state index is 9.68. The summed E-state index contributed by atoms with van der Waals surface area (Å²) < 4.78 is 30.1. The average molecular weight is 568 g/mol. The summed E-state index contributed by atoms with van der Waals surface area (Å²) in [5.74, 6) is -0.243. The van der Waals surface area contributed by atoms with Gasteiger partial charge in [0.1, 0.15) is 5.54 Å². The molecule has 0 spiro atoms. The van der Waals surface area contributed by atoms with E-state index in [4.69, 9.17) is 0 Å². The number of quaternary nitrogens is 1. The number of hydrogen-bond acceptors (Lipinski definition) is 3. The zero-order valence-electron chi connectivity index (χ0n) is 27.0. The Labute approximate surface area is 244 Å². The summed E-state index contributed by atoms with van der Waals surface area (Å²) in [4.78, 5) is 0. The SMILES string of the molecule is CCCCCCCCCCCCCCCC[N+](C)(C)C(CC)(CC)c1ccccc1CC.CCCS(=O)(=O)[O-]. The monoisotopic (exact) mass is 567 g/mol. The minimum absolute atomic E-state index is 0.239. The van der Waals surface area contributed by atoms with Gasteiger partial charge in [-0.3, -0.25) is 0 Å². The maximum atomic E-state index is 9.68. The van der Waals surface area contributed by atoms with Crippen LogP contribution in [0.5, 0.6) is 0 Å². The fourth-order valence-electron chi connectivity index (χ4n) is 6.26. The van der Waals surface area contributed by atoms with Crippen LogP contribution in [0.15, 0.2) is 24.3 Å². The Morgan fingerprint density at radius 2 is 1.10 bits per heavy atom. The first-order valence-corrected chi connectivity index (χ1v) is 18.0. The van der Waals surface area contributed by atoms with E-state index in [1.54, 1.807) is 18.1 Å². The van der Waals surface area contributed by atoms with Gasteiger partial charge in [0.05, 0.1) is 30.8 Å². The van der Waals surface area contributed by atoms with Crippen molar-refractivity contribution in [3.05, 3.63) is 35.4 Å². The van der Waals surface area contributed by atoms with Crippen molar-refractivity contribution < 1.29 is 17.5 Å². The van der Waals surface area contributed by atoms with E-state index in [1.165, 1.54) is 109 Å². The summed E-state index contributed by atoms with van der Waals surface area (Å²) in [7, 11) is 1.05. The fourth-order valence-corrected chi connectivity index (χ4v) is 6.76. The zero-order valence-corrected chi connectivity index (χ0v) is 27.8. The molecule has 0 bridgehead atoms. The molecule has 0 heterocycles. The van der Waals surface area contributed by atoms with Gasteiger partial charge in [0, 0.05) is 24.2 Å². The lowest BCUT2D eigenvalue weighted by molar-refractivity contribution is -0.951. The molecule has 0 unspecified atom stereocenters. The molecular formula is C34H65NO3S. The Bertz CT molecular complexity index is 815. The van der Waals surface area contributed by atoms with Crippen molar-refractivity contribution in [2.75, 3.05) is 26.4 Å². The van der Waals surface area contributed by atoms with Gasteiger partial charge in [-0.2, -0.15) is 0 Å². The molecule has 0 N–H and O–H groups in total. The molecule has 0 aromatic heterocycles. The van der Waals surface area contributed by atoms with Gasteiger partial charge in [-0.05, 0) is 31.2 Å². The summed E-state index contributed by atoms with van der Waals surface area (Å²) in [6.45, 7) is 12.4. The van der Waals surface area contributed by atoms with E-state index in [0.717, 1.165) is 10.9 Å². The zero-order chi connectivity index (χ0) is 29.6. The minimum Gasteiger partial charge on any atom is -0.748 e. The van der Waals surface area contributed by atoms with Crippen LogP contribution < -0.4 is 0 Å². The highest BCUT2D eigenvalue weighted by Gasteiger charge is 2.44. The molecule has 1 rings (SSSR count). The second-order valence-corrected chi connectivity index (χ2v) is 13.5. The molecule has 39 heavy (non-hydrogen) atoms. The molecule has 0 aliphatic carbocycles. The molecular weight excluding hydrogens is 502 g/mol. The van der Waals surface area contributed by atoms with Crippen LogP contribution in [0, 0.1) is 0 Å². The largest absolute Gasteiger partial charge is 0.748 e. The number of nitrogens with zero attached hydrogens (tertiary/aromatic N) is 1. The van der Waals surface area contributed by atoms with Crippen LogP contribution >= 0.6 is 0 Å². The third kappa shape index (κ3) is 15.6. The molecule has 0 radical (unpaired) electrons. The van der Waals surface area contributed by atoms with Gasteiger partial charge in [0.25, 0.3) is 0 Å². The second kappa shape index (κ2) is 21.8. The Balaban J connectivity index is 0.00000181. The Morgan fingerprint density at radius 1 is 0.667 bits per heavy atom. The van der Waals surface area contributed by atoms with Gasteiger partial charge in [-0.15, -0.1) is 0 Å². The van der Waals surface area contributed by atoms with Gasteiger partial charge >= 0.3 is 0 Å². The maximum Gasteiger partial charge on any atom is 0.124 e. The highest BCUT2D eigenvalue weighted by Crippen LogP contribution is 2.41. The standard InChI is InChI=1S/C31H58N.C3H8O3S/c1-7-11-12-13-14-15-16-17-18-19-20-21-22-25-28-32(5,6)31(9-3,10-4)30-27-24-23-26-29(30)8-2;1-2-3-7(4,5)6/h23-24,26-27H,7-22,25,28H2,1-6H3;2-3H2,1H3,(H,4,5,6)/q+1;/p-1. The number of hydrogen-bond donors (Lipinski definition) is 0. The van der Waals surface area contributed by atoms with Crippen LogP contribution in [0.3, 0.4) is 0 Å². The van der Waals surface area contributed by atoms with Crippen LogP contribution in [-0.4, -0.2) is 43.8 Å². The molecule has 230 valence electrons. The van der Waals surface area contributed by atoms with E-state index >= 15 is 0 Å². The average Bonchev–Trinajstić information content (AvgIpc) is 2.89. The molecule has 1 aromatic rings. The number of unbranched alkanes of at least 4 members (excludes halogenated alkanes) is 13. The minimum atomic E-state index is -3.92. The first-order valence-electron chi connectivity index (χ1n) is 16.4. The summed E-state index contributed by atoms with van der Waals surface area (Å²) >= 11 is 0. The fraction of sp³-hybridized carbons (Fsp3) is 0.824. The summed E-state index contributed by atoms with van der Waals surface area (Å²) in [6, 6.07) is 9.23. The molecule has 5 heteroatoms. The second-order valence-electron chi connectivity index (χ2n) is 12.0. The van der Waals surface area contributed by atoms with Crippen molar-refractivity contribution in [2.45, 2.75) is 156 Å². The number of rotatable bonds is 22. The van der Waals surface area contributed by atoms with Crippen LogP contribution in [0.2, 0.25) is 0 Å². The summed E-state index contributed by atoms with van der Waals surface area (Å²) in [5, 5.41) is 0. The van der Waals surface area contributed by atoms with E-state index in [9.17, 15) is 13.0 Å². The molecule has 0 saturated carbocycles. The lowest BCUT2D eigenvalue weighted by atomic mass is 9.78. The van der Waals surface area contributed by atoms with Crippen molar-refractivity contribution in [1.29, 1.82) is 0 Å². The van der Waals surface area contributed by atoms with Crippen LogP contribution in [0.4, 0.5) is 0 Å². The molecule has 0 fully saturated rings. The Morgan fingerprint density at radius 3 is 1.46 bits per heavy atom. The molecule has 0 amide bonds. The van der Waals surface area contributed by atoms with Gasteiger partial charge in [0.15, 0.2) is 0 Å².